The monoisotopic (exact) mass is 595 g/mol. The van der Waals surface area contributed by atoms with Crippen LogP contribution in [0.3, 0.4) is 0 Å². The van der Waals surface area contributed by atoms with E-state index < -0.39 is 0 Å². The maximum absolute atomic E-state index is 11.9. The summed E-state index contributed by atoms with van der Waals surface area (Å²) in [6, 6.07) is 0. The highest BCUT2D eigenvalue weighted by Gasteiger charge is 2.13. The molecular formula is C38H74O4. The molecule has 0 amide bonds. The Bertz CT molecular complexity index is 527. The third-order valence-corrected chi connectivity index (χ3v) is 8.88. The van der Waals surface area contributed by atoms with Crippen molar-refractivity contribution in [2.24, 2.45) is 11.8 Å². The quantitative estimate of drug-likeness (QED) is 0.0560. The van der Waals surface area contributed by atoms with Crippen molar-refractivity contribution in [3.63, 3.8) is 0 Å². The van der Waals surface area contributed by atoms with Crippen molar-refractivity contribution < 1.29 is 19.1 Å². The largest absolute Gasteiger partial charge is 0.466 e. The molecule has 0 aliphatic rings. The zero-order chi connectivity index (χ0) is 30.9. The molecule has 0 unspecified atom stereocenters. The van der Waals surface area contributed by atoms with Gasteiger partial charge in [0.15, 0.2) is 0 Å². The molecule has 0 fully saturated rings. The Kier molecular flexibility index (Phi) is 32.0. The van der Waals surface area contributed by atoms with E-state index >= 15 is 0 Å². The van der Waals surface area contributed by atoms with Crippen molar-refractivity contribution in [3.05, 3.63) is 0 Å². The van der Waals surface area contributed by atoms with E-state index in [1.54, 1.807) is 0 Å². The smallest absolute Gasteiger partial charge is 0.305 e. The van der Waals surface area contributed by atoms with Gasteiger partial charge in [-0.05, 0) is 37.5 Å². The fourth-order valence-corrected chi connectivity index (χ4v) is 5.86. The molecule has 0 aromatic rings. The summed E-state index contributed by atoms with van der Waals surface area (Å²) in [6.07, 6.45) is 33.4. The first kappa shape index (κ1) is 40.9. The topological polar surface area (TPSA) is 52.6 Å². The minimum Gasteiger partial charge on any atom is -0.466 e. The van der Waals surface area contributed by atoms with E-state index in [4.69, 9.17) is 9.47 Å². The van der Waals surface area contributed by atoms with Crippen LogP contribution in [0.2, 0.25) is 0 Å². The van der Waals surface area contributed by atoms with E-state index in [-0.39, 0.29) is 11.9 Å². The first-order valence-corrected chi connectivity index (χ1v) is 18.8. The Morgan fingerprint density at radius 2 is 0.738 bits per heavy atom. The lowest BCUT2D eigenvalue weighted by molar-refractivity contribution is -0.144. The Morgan fingerprint density at radius 3 is 1.10 bits per heavy atom. The summed E-state index contributed by atoms with van der Waals surface area (Å²) in [4.78, 5) is 23.8. The Morgan fingerprint density at radius 1 is 0.429 bits per heavy atom. The molecular weight excluding hydrogens is 520 g/mol. The maximum atomic E-state index is 11.9. The second-order valence-corrected chi connectivity index (χ2v) is 13.3. The third kappa shape index (κ3) is 30.4. The van der Waals surface area contributed by atoms with Crippen LogP contribution in [0.5, 0.6) is 0 Å². The first-order valence-electron chi connectivity index (χ1n) is 18.8. The van der Waals surface area contributed by atoms with Gasteiger partial charge >= 0.3 is 11.9 Å². The van der Waals surface area contributed by atoms with Crippen molar-refractivity contribution in [3.8, 4) is 0 Å². The van der Waals surface area contributed by atoms with E-state index in [2.05, 4.69) is 27.7 Å². The number of hydrogen-bond acceptors (Lipinski definition) is 4. The molecule has 42 heavy (non-hydrogen) atoms. The normalized spacial score (nSPS) is 11.5. The minimum absolute atomic E-state index is 0.00196. The summed E-state index contributed by atoms with van der Waals surface area (Å²) in [7, 11) is 0. The molecule has 0 aliphatic carbocycles. The third-order valence-electron chi connectivity index (χ3n) is 8.88. The lowest BCUT2D eigenvalue weighted by Gasteiger charge is -2.20. The first-order chi connectivity index (χ1) is 20.5. The Hall–Kier alpha value is -1.06. The van der Waals surface area contributed by atoms with Crippen LogP contribution < -0.4 is 0 Å². The van der Waals surface area contributed by atoms with E-state index in [9.17, 15) is 9.59 Å². The maximum Gasteiger partial charge on any atom is 0.305 e. The van der Waals surface area contributed by atoms with Crippen LogP contribution in [0.25, 0.3) is 0 Å². The van der Waals surface area contributed by atoms with Crippen LogP contribution in [-0.2, 0) is 19.1 Å². The molecule has 4 nitrogen and oxygen atoms in total. The fraction of sp³-hybridized carbons (Fsp3) is 0.947. The van der Waals surface area contributed by atoms with Crippen LogP contribution in [0.15, 0.2) is 0 Å². The predicted molar refractivity (Wildman–Crippen MR) is 181 cm³/mol. The highest BCUT2D eigenvalue weighted by molar-refractivity contribution is 5.69. The molecule has 0 bridgehead atoms. The predicted octanol–water partition coefficient (Wildman–Crippen LogP) is 12.3. The van der Waals surface area contributed by atoms with Crippen LogP contribution >= 0.6 is 0 Å². The summed E-state index contributed by atoms with van der Waals surface area (Å²) in [5.74, 6) is 1.63. The zero-order valence-electron chi connectivity index (χ0n) is 29.0. The second-order valence-electron chi connectivity index (χ2n) is 13.3. The van der Waals surface area contributed by atoms with Gasteiger partial charge in [0.2, 0.25) is 0 Å². The van der Waals surface area contributed by atoms with Gasteiger partial charge in [0, 0.05) is 12.8 Å². The number of unbranched alkanes of at least 4 members (excludes halogenated alkanes) is 20. The molecule has 0 spiro atoms. The average molecular weight is 595 g/mol. The molecule has 4 heteroatoms. The van der Waals surface area contributed by atoms with Gasteiger partial charge in [-0.25, -0.2) is 0 Å². The van der Waals surface area contributed by atoms with Crippen LogP contribution in [0.4, 0.5) is 0 Å². The number of hydrogen-bond donors (Lipinski definition) is 0. The Balaban J connectivity index is 3.54. The highest BCUT2D eigenvalue weighted by atomic mass is 16.5. The van der Waals surface area contributed by atoms with E-state index in [0.717, 1.165) is 50.4 Å². The summed E-state index contributed by atoms with van der Waals surface area (Å²) >= 11 is 0. The standard InChI is InChI=1S/C38H74O4/c1-5-7-9-11-21-27-33-41-37(39)31-25-19-15-13-17-23-29-36(35(3)4)30-24-18-14-16-20-26-32-38(40)42-34-28-22-12-10-8-6-2/h35-36H,5-34H2,1-4H3. The van der Waals surface area contributed by atoms with Gasteiger partial charge in [0.25, 0.3) is 0 Å². The second kappa shape index (κ2) is 32.8. The van der Waals surface area contributed by atoms with Gasteiger partial charge in [-0.15, -0.1) is 0 Å². The highest BCUT2D eigenvalue weighted by Crippen LogP contribution is 2.25. The molecule has 0 radical (unpaired) electrons. The van der Waals surface area contributed by atoms with Crippen molar-refractivity contribution in [2.45, 2.75) is 207 Å². The van der Waals surface area contributed by atoms with Crippen molar-refractivity contribution in [2.75, 3.05) is 13.2 Å². The molecule has 0 aromatic heterocycles. The van der Waals surface area contributed by atoms with E-state index in [1.165, 1.54) is 128 Å². The molecule has 0 N–H and O–H groups in total. The zero-order valence-corrected chi connectivity index (χ0v) is 29.0. The summed E-state index contributed by atoms with van der Waals surface area (Å²) in [6.45, 7) is 10.5. The van der Waals surface area contributed by atoms with Crippen molar-refractivity contribution >= 4 is 11.9 Å². The van der Waals surface area contributed by atoms with Gasteiger partial charge in [-0.1, -0.05) is 169 Å². The summed E-state index contributed by atoms with van der Waals surface area (Å²) < 4.78 is 10.8. The number of rotatable bonds is 33. The molecule has 0 aliphatic heterocycles. The van der Waals surface area contributed by atoms with Crippen LogP contribution in [-0.4, -0.2) is 25.2 Å². The Labute approximate surface area is 263 Å². The fourth-order valence-electron chi connectivity index (χ4n) is 5.86. The SMILES string of the molecule is CCCCCCCCOC(=O)CCCCCCCCC(CCCCCCCCC(=O)OCCCCCCCC)C(C)C. The molecule has 0 rings (SSSR count). The van der Waals surface area contributed by atoms with E-state index in [1.807, 2.05) is 0 Å². The molecule has 0 saturated heterocycles. The van der Waals surface area contributed by atoms with E-state index in [0.29, 0.717) is 26.1 Å². The molecule has 0 heterocycles. The van der Waals surface area contributed by atoms with Gasteiger partial charge in [0.1, 0.15) is 0 Å². The lowest BCUT2D eigenvalue weighted by atomic mass is 9.85. The molecule has 0 atom stereocenters. The van der Waals surface area contributed by atoms with Crippen molar-refractivity contribution in [1.82, 2.24) is 0 Å². The van der Waals surface area contributed by atoms with Gasteiger partial charge in [-0.2, -0.15) is 0 Å². The molecule has 250 valence electrons. The van der Waals surface area contributed by atoms with Gasteiger partial charge < -0.3 is 9.47 Å². The summed E-state index contributed by atoms with van der Waals surface area (Å²) in [5.41, 5.74) is 0. The van der Waals surface area contributed by atoms with Gasteiger partial charge in [0.05, 0.1) is 13.2 Å². The average Bonchev–Trinajstić information content (AvgIpc) is 2.97. The van der Waals surface area contributed by atoms with Gasteiger partial charge in [-0.3, -0.25) is 9.59 Å². The van der Waals surface area contributed by atoms with Crippen LogP contribution in [0.1, 0.15) is 207 Å². The number of ether oxygens (including phenoxy) is 2. The lowest BCUT2D eigenvalue weighted by Crippen LogP contribution is -2.09. The summed E-state index contributed by atoms with van der Waals surface area (Å²) in [5, 5.41) is 0. The number of esters is 2. The van der Waals surface area contributed by atoms with Crippen molar-refractivity contribution in [1.29, 1.82) is 0 Å². The number of carbonyl (C=O) groups is 2. The molecule has 0 aromatic carbocycles. The number of carbonyl (C=O) groups excluding carboxylic acids is 2. The van der Waals surface area contributed by atoms with Crippen LogP contribution in [0, 0.1) is 11.8 Å². The minimum atomic E-state index is 0.00196. The molecule has 0 saturated carbocycles.